The highest BCUT2D eigenvalue weighted by molar-refractivity contribution is 5.83. The summed E-state index contributed by atoms with van der Waals surface area (Å²) < 4.78 is 19.6. The molecular formula is C21H23FN2O2. The number of carbonyl (C=O) groups excluding carboxylic acids is 1. The van der Waals surface area contributed by atoms with Gasteiger partial charge in [-0.15, -0.1) is 0 Å². The molecule has 2 heterocycles. The molecule has 136 valence electrons. The molecule has 0 unspecified atom stereocenters. The maximum Gasteiger partial charge on any atom is 0.226 e. The summed E-state index contributed by atoms with van der Waals surface area (Å²) in [6, 6.07) is 6.60. The second kappa shape index (κ2) is 5.93. The average molecular weight is 354 g/mol. The number of rotatable bonds is 2. The summed E-state index contributed by atoms with van der Waals surface area (Å²) in [5, 5.41) is 4.11. The predicted octanol–water partition coefficient (Wildman–Crippen LogP) is 4.34. The van der Waals surface area contributed by atoms with E-state index in [0.717, 1.165) is 17.7 Å². The van der Waals surface area contributed by atoms with E-state index in [9.17, 15) is 9.18 Å². The van der Waals surface area contributed by atoms with Crippen molar-refractivity contribution in [3.05, 3.63) is 41.4 Å². The fraction of sp³-hybridized carbons (Fsp3) is 0.524. The maximum atomic E-state index is 14.2. The summed E-state index contributed by atoms with van der Waals surface area (Å²) in [4.78, 5) is 15.0. The summed E-state index contributed by atoms with van der Waals surface area (Å²) in [6.45, 7) is 1.15. The minimum Gasteiger partial charge on any atom is -0.360 e. The molecule has 0 bridgehead atoms. The van der Waals surface area contributed by atoms with Crippen LogP contribution in [-0.4, -0.2) is 22.5 Å². The number of hydrogen-bond donors (Lipinski definition) is 0. The molecule has 2 aliphatic carbocycles. The van der Waals surface area contributed by atoms with Crippen LogP contribution in [0.15, 0.2) is 28.8 Å². The van der Waals surface area contributed by atoms with Gasteiger partial charge in [0.05, 0.1) is 6.54 Å². The van der Waals surface area contributed by atoms with E-state index in [2.05, 4.69) is 5.16 Å². The Bertz CT molecular complexity index is 853. The highest BCUT2D eigenvalue weighted by Crippen LogP contribution is 2.62. The van der Waals surface area contributed by atoms with Crippen LogP contribution < -0.4 is 0 Å². The van der Waals surface area contributed by atoms with Crippen molar-refractivity contribution in [1.82, 2.24) is 10.1 Å². The summed E-state index contributed by atoms with van der Waals surface area (Å²) >= 11 is 0. The van der Waals surface area contributed by atoms with Gasteiger partial charge < -0.3 is 9.42 Å². The zero-order chi connectivity index (χ0) is 17.7. The lowest BCUT2D eigenvalue weighted by atomic mass is 9.84. The molecule has 2 aromatic rings. The van der Waals surface area contributed by atoms with Gasteiger partial charge in [0, 0.05) is 30.0 Å². The number of halogens is 1. The number of amides is 1. The van der Waals surface area contributed by atoms with Gasteiger partial charge in [0.15, 0.2) is 0 Å². The molecule has 1 aromatic carbocycles. The van der Waals surface area contributed by atoms with Crippen molar-refractivity contribution >= 4 is 5.91 Å². The molecular weight excluding hydrogens is 331 g/mol. The van der Waals surface area contributed by atoms with Crippen molar-refractivity contribution in [2.75, 3.05) is 6.54 Å². The van der Waals surface area contributed by atoms with Crippen LogP contribution in [0.5, 0.6) is 0 Å². The molecule has 3 aliphatic rings. The minimum atomic E-state index is -0.310. The van der Waals surface area contributed by atoms with Crippen molar-refractivity contribution < 1.29 is 13.7 Å². The van der Waals surface area contributed by atoms with Crippen LogP contribution in [0.4, 0.5) is 4.39 Å². The Morgan fingerprint density at radius 1 is 1.23 bits per heavy atom. The first kappa shape index (κ1) is 16.0. The molecule has 1 amide bonds. The van der Waals surface area contributed by atoms with Crippen LogP contribution in [0.2, 0.25) is 0 Å². The number of aromatic nitrogens is 1. The van der Waals surface area contributed by atoms with Gasteiger partial charge in [0.2, 0.25) is 5.91 Å². The molecule has 1 aliphatic heterocycles. The van der Waals surface area contributed by atoms with Gasteiger partial charge in [-0.3, -0.25) is 4.79 Å². The maximum absolute atomic E-state index is 14.2. The largest absolute Gasteiger partial charge is 0.360 e. The van der Waals surface area contributed by atoms with E-state index in [-0.39, 0.29) is 17.6 Å². The zero-order valence-electron chi connectivity index (χ0n) is 14.8. The quantitative estimate of drug-likeness (QED) is 0.806. The standard InChI is InChI=1S/C21H23FN2O2/c22-17-7-3-2-6-14(17)19-15-13-24(11-8-18(15)26-23-19)20(25)16-12-21(16)9-4-1-5-10-21/h2-3,6-7,16H,1,4-5,8-13H2/t16-/m1/s1. The monoisotopic (exact) mass is 354 g/mol. The molecule has 5 heteroatoms. The third-order valence-corrected chi connectivity index (χ3v) is 6.61. The molecule has 5 rings (SSSR count). The van der Waals surface area contributed by atoms with Gasteiger partial charge in [0.1, 0.15) is 17.3 Å². The summed E-state index contributed by atoms with van der Waals surface area (Å²) in [6.07, 6.45) is 7.95. The number of nitrogens with zero attached hydrogens (tertiary/aromatic N) is 2. The van der Waals surface area contributed by atoms with Crippen molar-refractivity contribution in [2.24, 2.45) is 11.3 Å². The SMILES string of the molecule is O=C([C@H]1CC12CCCCC2)N1CCc2onc(-c3ccccc3F)c2C1. The first-order valence-electron chi connectivity index (χ1n) is 9.69. The molecule has 0 radical (unpaired) electrons. The zero-order valence-corrected chi connectivity index (χ0v) is 14.8. The number of benzene rings is 1. The van der Waals surface area contributed by atoms with Crippen molar-refractivity contribution in [3.8, 4) is 11.3 Å². The summed E-state index contributed by atoms with van der Waals surface area (Å²) in [5.41, 5.74) is 2.15. The third kappa shape index (κ3) is 2.48. The lowest BCUT2D eigenvalue weighted by Crippen LogP contribution is -2.38. The molecule has 1 atom stereocenters. The van der Waals surface area contributed by atoms with Gasteiger partial charge in [0.25, 0.3) is 0 Å². The van der Waals surface area contributed by atoms with E-state index in [1.165, 1.54) is 38.2 Å². The molecule has 1 spiro atoms. The fourth-order valence-corrected chi connectivity index (χ4v) is 4.99. The van der Waals surface area contributed by atoms with Crippen LogP contribution >= 0.6 is 0 Å². The molecule has 26 heavy (non-hydrogen) atoms. The lowest BCUT2D eigenvalue weighted by molar-refractivity contribution is -0.134. The average Bonchev–Trinajstić information content (AvgIpc) is 3.19. The first-order chi connectivity index (χ1) is 12.7. The van der Waals surface area contributed by atoms with Crippen LogP contribution in [0.3, 0.4) is 0 Å². The van der Waals surface area contributed by atoms with Gasteiger partial charge in [-0.2, -0.15) is 0 Å². The van der Waals surface area contributed by atoms with E-state index in [1.54, 1.807) is 18.2 Å². The van der Waals surface area contributed by atoms with E-state index >= 15 is 0 Å². The smallest absolute Gasteiger partial charge is 0.226 e. The third-order valence-electron chi connectivity index (χ3n) is 6.61. The van der Waals surface area contributed by atoms with Crippen molar-refractivity contribution in [2.45, 2.75) is 51.5 Å². The molecule has 1 aromatic heterocycles. The Labute approximate surface area is 152 Å². The number of carbonyl (C=O) groups is 1. The molecule has 4 nitrogen and oxygen atoms in total. The Balaban J connectivity index is 1.38. The van der Waals surface area contributed by atoms with Crippen LogP contribution in [0, 0.1) is 17.2 Å². The fourth-order valence-electron chi connectivity index (χ4n) is 4.99. The molecule has 2 saturated carbocycles. The Morgan fingerprint density at radius 3 is 2.85 bits per heavy atom. The van der Waals surface area contributed by atoms with Gasteiger partial charge in [-0.25, -0.2) is 4.39 Å². The van der Waals surface area contributed by atoms with Crippen LogP contribution in [-0.2, 0) is 17.8 Å². The van der Waals surface area contributed by atoms with E-state index in [4.69, 9.17) is 4.52 Å². The number of fused-ring (bicyclic) bond motifs is 1. The first-order valence-corrected chi connectivity index (χ1v) is 9.69. The Hall–Kier alpha value is -2.17. The molecule has 2 fully saturated rings. The minimum absolute atomic E-state index is 0.195. The topological polar surface area (TPSA) is 46.3 Å². The van der Waals surface area contributed by atoms with Gasteiger partial charge in [-0.1, -0.05) is 36.6 Å². The van der Waals surface area contributed by atoms with Crippen molar-refractivity contribution in [3.63, 3.8) is 0 Å². The number of hydrogen-bond acceptors (Lipinski definition) is 3. The molecule has 0 N–H and O–H groups in total. The predicted molar refractivity (Wildman–Crippen MR) is 94.6 cm³/mol. The van der Waals surface area contributed by atoms with E-state index in [1.807, 2.05) is 4.90 Å². The van der Waals surface area contributed by atoms with Crippen LogP contribution in [0.25, 0.3) is 11.3 Å². The van der Waals surface area contributed by atoms with Crippen molar-refractivity contribution in [1.29, 1.82) is 0 Å². The molecule has 0 saturated heterocycles. The second-order valence-corrected chi connectivity index (χ2v) is 8.10. The summed E-state index contributed by atoms with van der Waals surface area (Å²) in [5.74, 6) is 0.949. The van der Waals surface area contributed by atoms with E-state index in [0.29, 0.717) is 36.2 Å². The van der Waals surface area contributed by atoms with Gasteiger partial charge >= 0.3 is 0 Å². The normalized spacial score (nSPS) is 23.7. The van der Waals surface area contributed by atoms with Crippen LogP contribution in [0.1, 0.15) is 49.8 Å². The Kier molecular flexibility index (Phi) is 3.66. The highest BCUT2D eigenvalue weighted by Gasteiger charge is 2.58. The van der Waals surface area contributed by atoms with E-state index < -0.39 is 0 Å². The second-order valence-electron chi connectivity index (χ2n) is 8.10. The van der Waals surface area contributed by atoms with Gasteiger partial charge in [-0.05, 0) is 36.8 Å². The lowest BCUT2D eigenvalue weighted by Gasteiger charge is -2.29. The summed E-state index contributed by atoms with van der Waals surface area (Å²) in [7, 11) is 0. The highest BCUT2D eigenvalue weighted by atomic mass is 19.1. The Morgan fingerprint density at radius 2 is 2.04 bits per heavy atom.